The molecule has 0 aliphatic heterocycles. The van der Waals surface area contributed by atoms with Gasteiger partial charge in [-0.1, -0.05) is 30.3 Å². The fraction of sp³-hybridized carbons (Fsp3) is 0.400. The van der Waals surface area contributed by atoms with E-state index in [0.717, 1.165) is 5.30 Å². The summed E-state index contributed by atoms with van der Waals surface area (Å²) in [6, 6.07) is 10.3. The molecule has 0 bridgehead atoms. The Labute approximate surface area is 114 Å². The van der Waals surface area contributed by atoms with Crippen LogP contribution < -0.4 is 5.30 Å². The van der Waals surface area contributed by atoms with Crippen molar-refractivity contribution in [2.24, 2.45) is 0 Å². The standard InChI is InChI=1S/C10H15BrNOPS2/c1-9(2)12(16-11)14(15,13-3)10-7-5-4-6-8-10/h4-9H,1-3H3. The van der Waals surface area contributed by atoms with Crippen LogP contribution in [0.4, 0.5) is 0 Å². The zero-order valence-corrected chi connectivity index (χ0v) is 13.6. The molecule has 0 radical (unpaired) electrons. The first-order valence-electron chi connectivity index (χ1n) is 4.86. The number of rotatable bonds is 5. The lowest BCUT2D eigenvalue weighted by molar-refractivity contribution is 0.421. The van der Waals surface area contributed by atoms with Crippen molar-refractivity contribution in [3.63, 3.8) is 0 Å². The molecule has 0 saturated heterocycles. The maximum Gasteiger partial charge on any atom is 0.171 e. The van der Waals surface area contributed by atoms with E-state index in [1.165, 1.54) is 10.4 Å². The van der Waals surface area contributed by atoms with E-state index in [1.54, 1.807) is 7.11 Å². The summed E-state index contributed by atoms with van der Waals surface area (Å²) in [6.45, 7) is 4.22. The molecule has 0 N–H and O–H groups in total. The Morgan fingerprint density at radius 3 is 2.31 bits per heavy atom. The van der Waals surface area contributed by atoms with Gasteiger partial charge in [-0.15, -0.1) is 0 Å². The summed E-state index contributed by atoms with van der Waals surface area (Å²) in [5.74, 6) is 0. The van der Waals surface area contributed by atoms with Crippen LogP contribution in [0.2, 0.25) is 0 Å². The summed E-state index contributed by atoms with van der Waals surface area (Å²) in [4.78, 5) is 0. The van der Waals surface area contributed by atoms with Gasteiger partial charge in [-0.25, -0.2) is 0 Å². The Hall–Kier alpha value is 0.620. The van der Waals surface area contributed by atoms with Crippen molar-refractivity contribution in [2.45, 2.75) is 19.9 Å². The van der Waals surface area contributed by atoms with E-state index in [1.807, 2.05) is 30.3 Å². The molecule has 1 atom stereocenters. The van der Waals surface area contributed by atoms with Crippen LogP contribution in [-0.4, -0.2) is 17.2 Å². The average molecular weight is 340 g/mol. The van der Waals surface area contributed by atoms with Gasteiger partial charge in [0.1, 0.15) is 0 Å². The first-order valence-corrected chi connectivity index (χ1v) is 10.1. The summed E-state index contributed by atoms with van der Waals surface area (Å²) >= 11 is 9.14. The monoisotopic (exact) mass is 339 g/mol. The van der Waals surface area contributed by atoms with Crippen molar-refractivity contribution in [1.82, 2.24) is 4.08 Å². The molecule has 1 aromatic rings. The minimum atomic E-state index is -2.14. The first kappa shape index (κ1) is 14.7. The number of halogens is 1. The predicted octanol–water partition coefficient (Wildman–Crippen LogP) is 3.94. The number of hydrogen-bond donors (Lipinski definition) is 0. The Balaban J connectivity index is 3.16. The fourth-order valence-electron chi connectivity index (χ4n) is 1.34. The molecular formula is C10H15BrNOPS2. The molecule has 0 amide bonds. The van der Waals surface area contributed by atoms with Crippen molar-refractivity contribution >= 4 is 48.7 Å². The Bertz CT molecular complexity index is 374. The third-order valence-corrected chi connectivity index (χ3v) is 9.55. The second-order valence-corrected chi connectivity index (χ2v) is 9.01. The maximum absolute atomic E-state index is 5.73. The van der Waals surface area contributed by atoms with Gasteiger partial charge in [-0.05, 0) is 25.7 Å². The molecule has 0 saturated carbocycles. The lowest BCUT2D eigenvalue weighted by Crippen LogP contribution is -2.26. The van der Waals surface area contributed by atoms with E-state index in [4.69, 9.17) is 16.3 Å². The molecule has 16 heavy (non-hydrogen) atoms. The second-order valence-electron chi connectivity index (χ2n) is 3.50. The quantitative estimate of drug-likeness (QED) is 0.594. The van der Waals surface area contributed by atoms with Crippen molar-refractivity contribution in [3.05, 3.63) is 30.3 Å². The molecule has 0 spiro atoms. The molecular weight excluding hydrogens is 325 g/mol. The van der Waals surface area contributed by atoms with Gasteiger partial charge in [0, 0.05) is 43.7 Å². The third kappa shape index (κ3) is 3.09. The van der Waals surface area contributed by atoms with Crippen molar-refractivity contribution in [3.8, 4) is 0 Å². The largest absolute Gasteiger partial charge is 0.337 e. The third-order valence-electron chi connectivity index (χ3n) is 2.10. The summed E-state index contributed by atoms with van der Waals surface area (Å²) in [6.07, 6.45) is -2.14. The van der Waals surface area contributed by atoms with Crippen LogP contribution in [-0.2, 0) is 16.3 Å². The molecule has 0 aromatic heterocycles. The van der Waals surface area contributed by atoms with Crippen molar-refractivity contribution in [2.75, 3.05) is 7.11 Å². The Morgan fingerprint density at radius 1 is 1.38 bits per heavy atom. The lowest BCUT2D eigenvalue weighted by Gasteiger charge is -2.33. The molecule has 2 nitrogen and oxygen atoms in total. The molecule has 0 aliphatic rings. The second kappa shape index (κ2) is 6.53. The van der Waals surface area contributed by atoms with Gasteiger partial charge in [0.15, 0.2) is 6.42 Å². The van der Waals surface area contributed by atoms with E-state index in [0.29, 0.717) is 6.04 Å². The van der Waals surface area contributed by atoms with Crippen LogP contribution in [0.15, 0.2) is 30.3 Å². The molecule has 0 fully saturated rings. The van der Waals surface area contributed by atoms with Crippen molar-refractivity contribution in [1.29, 1.82) is 0 Å². The number of hydrogen-bond acceptors (Lipinski definition) is 3. The van der Waals surface area contributed by atoms with Crippen LogP contribution in [0.5, 0.6) is 0 Å². The average Bonchev–Trinajstić information content (AvgIpc) is 2.30. The SMILES string of the molecule is COP(=S)(c1ccccc1)N(SBr)C(C)C. The molecule has 0 aliphatic carbocycles. The van der Waals surface area contributed by atoms with Gasteiger partial charge >= 0.3 is 0 Å². The van der Waals surface area contributed by atoms with Crippen LogP contribution in [0.25, 0.3) is 0 Å². The highest BCUT2D eigenvalue weighted by Crippen LogP contribution is 2.55. The van der Waals surface area contributed by atoms with Gasteiger partial charge in [-0.2, -0.15) is 4.08 Å². The van der Waals surface area contributed by atoms with Crippen LogP contribution >= 0.6 is 31.6 Å². The van der Waals surface area contributed by atoms with E-state index in [-0.39, 0.29) is 0 Å². The van der Waals surface area contributed by atoms with E-state index in [2.05, 4.69) is 32.7 Å². The van der Waals surface area contributed by atoms with Gasteiger partial charge in [0.25, 0.3) is 0 Å². The Morgan fingerprint density at radius 2 is 1.94 bits per heavy atom. The Kier molecular flexibility index (Phi) is 5.99. The first-order chi connectivity index (χ1) is 7.56. The number of benzene rings is 1. The highest BCUT2D eigenvalue weighted by molar-refractivity contribution is 9.50. The van der Waals surface area contributed by atoms with Gasteiger partial charge in [0.05, 0.1) is 0 Å². The smallest absolute Gasteiger partial charge is 0.171 e. The molecule has 6 heteroatoms. The van der Waals surface area contributed by atoms with Gasteiger partial charge < -0.3 is 4.52 Å². The summed E-state index contributed by atoms with van der Waals surface area (Å²) in [5.41, 5.74) is 0. The maximum atomic E-state index is 5.73. The molecule has 90 valence electrons. The van der Waals surface area contributed by atoms with Gasteiger partial charge in [0.2, 0.25) is 0 Å². The molecule has 1 unspecified atom stereocenters. The summed E-state index contributed by atoms with van der Waals surface area (Å²) in [7, 11) is 3.16. The summed E-state index contributed by atoms with van der Waals surface area (Å²) in [5, 5.41) is 1.08. The van der Waals surface area contributed by atoms with Gasteiger partial charge in [-0.3, -0.25) is 0 Å². The summed E-state index contributed by atoms with van der Waals surface area (Å²) < 4.78 is 7.75. The highest BCUT2D eigenvalue weighted by atomic mass is 79.9. The van der Waals surface area contributed by atoms with Crippen molar-refractivity contribution < 1.29 is 4.52 Å². The lowest BCUT2D eigenvalue weighted by atomic mass is 10.4. The van der Waals surface area contributed by atoms with Crippen LogP contribution in [0, 0.1) is 0 Å². The molecule has 0 heterocycles. The van der Waals surface area contributed by atoms with E-state index < -0.39 is 6.42 Å². The highest BCUT2D eigenvalue weighted by Gasteiger charge is 2.30. The number of nitrogens with zero attached hydrogens (tertiary/aromatic N) is 1. The minimum Gasteiger partial charge on any atom is -0.337 e. The topological polar surface area (TPSA) is 12.5 Å². The van der Waals surface area contributed by atoms with Crippen LogP contribution in [0.3, 0.4) is 0 Å². The van der Waals surface area contributed by atoms with Crippen LogP contribution in [0.1, 0.15) is 13.8 Å². The minimum absolute atomic E-state index is 0.315. The zero-order valence-electron chi connectivity index (χ0n) is 9.46. The fourth-order valence-corrected chi connectivity index (χ4v) is 8.71. The predicted molar refractivity (Wildman–Crippen MR) is 80.9 cm³/mol. The van der Waals surface area contributed by atoms with E-state index in [9.17, 15) is 0 Å². The van der Waals surface area contributed by atoms with E-state index >= 15 is 0 Å². The molecule has 1 rings (SSSR count). The normalized spacial score (nSPS) is 15.4. The molecule has 1 aromatic carbocycles. The zero-order chi connectivity index (χ0) is 12.2.